The molecule has 2 N–H and O–H groups in total. The number of anilines is 1. The summed E-state index contributed by atoms with van der Waals surface area (Å²) < 4.78 is 0. The van der Waals surface area contributed by atoms with Crippen molar-refractivity contribution in [1.29, 1.82) is 0 Å². The fourth-order valence-electron chi connectivity index (χ4n) is 2.64. The predicted molar refractivity (Wildman–Crippen MR) is 114 cm³/mol. The topological polar surface area (TPSA) is 96.9 Å². The van der Waals surface area contributed by atoms with E-state index in [-0.39, 0.29) is 11.8 Å². The van der Waals surface area contributed by atoms with Gasteiger partial charge >= 0.3 is 0 Å². The van der Waals surface area contributed by atoms with Gasteiger partial charge in [0.15, 0.2) is 10.8 Å². The van der Waals surface area contributed by atoms with Gasteiger partial charge in [0, 0.05) is 30.2 Å². The highest BCUT2D eigenvalue weighted by atomic mass is 32.1. The molecule has 0 bridgehead atoms. The lowest BCUT2D eigenvalue weighted by atomic mass is 10.1. The van der Waals surface area contributed by atoms with Crippen molar-refractivity contribution < 1.29 is 9.59 Å². The summed E-state index contributed by atoms with van der Waals surface area (Å²) >= 11 is 1.25. The first-order chi connectivity index (χ1) is 13.8. The van der Waals surface area contributed by atoms with Crippen LogP contribution in [0.3, 0.4) is 0 Å². The standard InChI is InChI=1S/C21H23N5O2S/c1-12(2)11-24-19(27)15-6-7-16(13(3)10-15)26-20(28)17-14(4)25-21(29-17)18-22-8-5-9-23-18/h5-10,12H,11H2,1-4H3,(H,24,27)(H,26,28). The first-order valence-corrected chi connectivity index (χ1v) is 10.1. The molecule has 2 aromatic heterocycles. The second-order valence-electron chi connectivity index (χ2n) is 7.09. The average molecular weight is 410 g/mol. The smallest absolute Gasteiger partial charge is 0.267 e. The van der Waals surface area contributed by atoms with Gasteiger partial charge in [-0.3, -0.25) is 9.59 Å². The fourth-order valence-corrected chi connectivity index (χ4v) is 3.55. The van der Waals surface area contributed by atoms with Crippen LogP contribution in [-0.4, -0.2) is 33.3 Å². The van der Waals surface area contributed by atoms with E-state index in [0.29, 0.717) is 45.1 Å². The molecule has 0 saturated carbocycles. The van der Waals surface area contributed by atoms with Gasteiger partial charge in [-0.15, -0.1) is 11.3 Å². The SMILES string of the molecule is Cc1cc(C(=O)NCC(C)C)ccc1NC(=O)c1sc(-c2ncccn2)nc1C. The zero-order valence-electron chi connectivity index (χ0n) is 16.8. The van der Waals surface area contributed by atoms with Crippen molar-refractivity contribution in [3.8, 4) is 10.8 Å². The van der Waals surface area contributed by atoms with Gasteiger partial charge in [0.1, 0.15) is 4.88 Å². The van der Waals surface area contributed by atoms with E-state index in [4.69, 9.17) is 0 Å². The lowest BCUT2D eigenvalue weighted by molar-refractivity contribution is 0.0948. The van der Waals surface area contributed by atoms with Crippen LogP contribution in [0.2, 0.25) is 0 Å². The molecule has 2 amide bonds. The van der Waals surface area contributed by atoms with Crippen molar-refractivity contribution in [2.24, 2.45) is 5.92 Å². The first-order valence-electron chi connectivity index (χ1n) is 9.30. The average Bonchev–Trinajstić information content (AvgIpc) is 3.10. The zero-order chi connectivity index (χ0) is 21.0. The minimum atomic E-state index is -0.248. The van der Waals surface area contributed by atoms with Crippen LogP contribution in [0.1, 0.15) is 45.1 Å². The Bertz CT molecular complexity index is 1030. The summed E-state index contributed by atoms with van der Waals surface area (Å²) in [5.41, 5.74) is 2.65. The van der Waals surface area contributed by atoms with Crippen LogP contribution in [-0.2, 0) is 0 Å². The van der Waals surface area contributed by atoms with Crippen molar-refractivity contribution in [1.82, 2.24) is 20.3 Å². The van der Waals surface area contributed by atoms with Crippen molar-refractivity contribution >= 4 is 28.8 Å². The van der Waals surface area contributed by atoms with E-state index in [1.807, 2.05) is 20.8 Å². The highest BCUT2D eigenvalue weighted by Crippen LogP contribution is 2.26. The Kier molecular flexibility index (Phi) is 6.33. The summed E-state index contributed by atoms with van der Waals surface area (Å²) in [6, 6.07) is 6.96. The third kappa shape index (κ3) is 5.03. The maximum Gasteiger partial charge on any atom is 0.267 e. The summed E-state index contributed by atoms with van der Waals surface area (Å²) in [5.74, 6) is 0.507. The molecule has 2 heterocycles. The van der Waals surface area contributed by atoms with Crippen LogP contribution in [0.5, 0.6) is 0 Å². The van der Waals surface area contributed by atoms with Crippen LogP contribution in [0.4, 0.5) is 5.69 Å². The normalized spacial score (nSPS) is 10.8. The second kappa shape index (κ2) is 8.91. The lowest BCUT2D eigenvalue weighted by Crippen LogP contribution is -2.27. The van der Waals surface area contributed by atoms with Gasteiger partial charge in [-0.2, -0.15) is 0 Å². The van der Waals surface area contributed by atoms with Crippen molar-refractivity contribution in [3.05, 3.63) is 58.4 Å². The number of carbonyl (C=O) groups is 2. The van der Waals surface area contributed by atoms with Gasteiger partial charge < -0.3 is 10.6 Å². The van der Waals surface area contributed by atoms with Crippen LogP contribution >= 0.6 is 11.3 Å². The third-order valence-corrected chi connectivity index (χ3v) is 5.32. The maximum absolute atomic E-state index is 12.8. The summed E-state index contributed by atoms with van der Waals surface area (Å²) in [6.07, 6.45) is 3.28. The molecule has 0 saturated heterocycles. The molecule has 29 heavy (non-hydrogen) atoms. The lowest BCUT2D eigenvalue weighted by Gasteiger charge is -2.11. The van der Waals surface area contributed by atoms with Crippen LogP contribution < -0.4 is 10.6 Å². The number of thiazole rings is 1. The quantitative estimate of drug-likeness (QED) is 0.644. The molecule has 7 nitrogen and oxygen atoms in total. The summed E-state index contributed by atoms with van der Waals surface area (Å²) in [6.45, 7) is 8.35. The summed E-state index contributed by atoms with van der Waals surface area (Å²) in [7, 11) is 0. The fraction of sp³-hybridized carbons (Fsp3) is 0.286. The number of nitrogens with zero attached hydrogens (tertiary/aromatic N) is 3. The molecule has 150 valence electrons. The molecule has 0 radical (unpaired) electrons. The molecule has 3 rings (SSSR count). The van der Waals surface area contributed by atoms with Crippen molar-refractivity contribution in [2.45, 2.75) is 27.7 Å². The van der Waals surface area contributed by atoms with E-state index in [2.05, 4.69) is 25.6 Å². The molecule has 0 fully saturated rings. The highest BCUT2D eigenvalue weighted by molar-refractivity contribution is 7.17. The molecule has 0 spiro atoms. The molecule has 8 heteroatoms. The number of aryl methyl sites for hydroxylation is 2. The van der Waals surface area contributed by atoms with Crippen molar-refractivity contribution in [3.63, 3.8) is 0 Å². The van der Waals surface area contributed by atoms with Crippen LogP contribution in [0, 0.1) is 19.8 Å². The molecule has 0 atom stereocenters. The van der Waals surface area contributed by atoms with Crippen molar-refractivity contribution in [2.75, 3.05) is 11.9 Å². The Labute approximate surface area is 173 Å². The molecule has 3 aromatic rings. The number of amides is 2. The molecule has 1 aromatic carbocycles. The van der Waals surface area contributed by atoms with Crippen LogP contribution in [0.15, 0.2) is 36.7 Å². The van der Waals surface area contributed by atoms with Crippen LogP contribution in [0.25, 0.3) is 10.8 Å². The van der Waals surface area contributed by atoms with Gasteiger partial charge in [-0.1, -0.05) is 13.8 Å². The minimum Gasteiger partial charge on any atom is -0.352 e. The molecule has 0 aliphatic heterocycles. The number of hydrogen-bond donors (Lipinski definition) is 2. The number of nitrogens with one attached hydrogen (secondary N) is 2. The number of hydrogen-bond acceptors (Lipinski definition) is 6. The molecular formula is C21H23N5O2S. The zero-order valence-corrected chi connectivity index (χ0v) is 17.6. The number of aromatic nitrogens is 3. The Balaban J connectivity index is 1.74. The Hall–Kier alpha value is -3.13. The summed E-state index contributed by atoms with van der Waals surface area (Å²) in [4.78, 5) is 38.3. The van der Waals surface area contributed by atoms with Gasteiger partial charge in [-0.25, -0.2) is 15.0 Å². The minimum absolute atomic E-state index is 0.120. The van der Waals surface area contributed by atoms with Gasteiger partial charge in [0.2, 0.25) is 0 Å². The van der Waals surface area contributed by atoms with E-state index < -0.39 is 0 Å². The Morgan fingerprint density at radius 2 is 1.83 bits per heavy atom. The number of benzene rings is 1. The molecule has 0 aliphatic carbocycles. The molecule has 0 aliphatic rings. The molecule has 0 unspecified atom stereocenters. The number of rotatable bonds is 6. The van der Waals surface area contributed by atoms with Gasteiger partial charge in [0.25, 0.3) is 11.8 Å². The van der Waals surface area contributed by atoms with E-state index >= 15 is 0 Å². The van der Waals surface area contributed by atoms with E-state index in [9.17, 15) is 9.59 Å². The Morgan fingerprint density at radius 3 is 2.48 bits per heavy atom. The van der Waals surface area contributed by atoms with E-state index in [1.54, 1.807) is 43.6 Å². The Morgan fingerprint density at radius 1 is 1.10 bits per heavy atom. The van der Waals surface area contributed by atoms with Gasteiger partial charge in [0.05, 0.1) is 5.69 Å². The highest BCUT2D eigenvalue weighted by Gasteiger charge is 2.18. The monoisotopic (exact) mass is 409 g/mol. The molecular weight excluding hydrogens is 386 g/mol. The van der Waals surface area contributed by atoms with E-state index in [0.717, 1.165) is 5.56 Å². The summed E-state index contributed by atoms with van der Waals surface area (Å²) in [5, 5.41) is 6.40. The predicted octanol–water partition coefficient (Wildman–Crippen LogP) is 3.86. The van der Waals surface area contributed by atoms with Gasteiger partial charge in [-0.05, 0) is 49.6 Å². The maximum atomic E-state index is 12.8. The first kappa shape index (κ1) is 20.6. The third-order valence-electron chi connectivity index (χ3n) is 4.17. The number of carbonyl (C=O) groups excluding carboxylic acids is 2. The van der Waals surface area contributed by atoms with E-state index in [1.165, 1.54) is 11.3 Å². The second-order valence-corrected chi connectivity index (χ2v) is 8.09. The largest absolute Gasteiger partial charge is 0.352 e.